The third-order valence-electron chi connectivity index (χ3n) is 2.79. The third kappa shape index (κ3) is 3.25. The lowest BCUT2D eigenvalue weighted by molar-refractivity contribution is -0.117. The number of anilines is 1. The third-order valence-corrected chi connectivity index (χ3v) is 3.83. The number of carbonyl (C=O) groups is 1. The molecule has 0 saturated carbocycles. The molecule has 0 radical (unpaired) electrons. The summed E-state index contributed by atoms with van der Waals surface area (Å²) in [6.45, 7) is 2.47. The smallest absolute Gasteiger partial charge is 0.241 e. The first-order valence-corrected chi connectivity index (χ1v) is 7.03. The molecule has 0 aliphatic carbocycles. The van der Waals surface area contributed by atoms with E-state index in [1.165, 1.54) is 4.90 Å². The van der Waals surface area contributed by atoms with E-state index in [9.17, 15) is 4.79 Å². The fraction of sp³-hybridized carbons (Fsp3) is 0.462. The van der Waals surface area contributed by atoms with E-state index in [0.29, 0.717) is 19.7 Å². The van der Waals surface area contributed by atoms with E-state index in [2.05, 4.69) is 11.4 Å². The van der Waals surface area contributed by atoms with Crippen molar-refractivity contribution in [1.29, 1.82) is 0 Å². The highest BCUT2D eigenvalue weighted by molar-refractivity contribution is 7.99. The summed E-state index contributed by atoms with van der Waals surface area (Å²) in [7, 11) is 1.65. The molecule has 0 saturated heterocycles. The van der Waals surface area contributed by atoms with Crippen molar-refractivity contribution in [3.63, 3.8) is 0 Å². The van der Waals surface area contributed by atoms with Crippen molar-refractivity contribution in [2.45, 2.75) is 4.90 Å². The molecular formula is C13H18N2O2S. The maximum absolute atomic E-state index is 12.1. The lowest BCUT2D eigenvalue weighted by Gasteiger charge is -2.29. The van der Waals surface area contributed by atoms with Gasteiger partial charge in [0.2, 0.25) is 5.91 Å². The van der Waals surface area contributed by atoms with Crippen LogP contribution in [-0.2, 0) is 9.53 Å². The lowest BCUT2D eigenvalue weighted by Crippen LogP contribution is -2.41. The van der Waals surface area contributed by atoms with Crippen molar-refractivity contribution in [2.75, 3.05) is 44.0 Å². The molecular weight excluding hydrogens is 248 g/mol. The van der Waals surface area contributed by atoms with Gasteiger partial charge in [-0.3, -0.25) is 4.79 Å². The molecule has 0 fully saturated rings. The Morgan fingerprint density at radius 3 is 3.17 bits per heavy atom. The van der Waals surface area contributed by atoms with Crippen molar-refractivity contribution >= 4 is 23.4 Å². The summed E-state index contributed by atoms with van der Waals surface area (Å²) in [6, 6.07) is 8.06. The second-order valence-electron chi connectivity index (χ2n) is 4.03. The highest BCUT2D eigenvalue weighted by Gasteiger charge is 2.21. The Morgan fingerprint density at radius 2 is 2.33 bits per heavy atom. The number of thioether (sulfide) groups is 1. The zero-order valence-electron chi connectivity index (χ0n) is 10.5. The van der Waals surface area contributed by atoms with E-state index in [-0.39, 0.29) is 5.91 Å². The maximum Gasteiger partial charge on any atom is 0.241 e. The molecule has 18 heavy (non-hydrogen) atoms. The van der Waals surface area contributed by atoms with Crippen molar-refractivity contribution in [2.24, 2.45) is 0 Å². The van der Waals surface area contributed by atoms with Crippen molar-refractivity contribution in [1.82, 2.24) is 5.32 Å². The molecule has 1 aromatic rings. The predicted molar refractivity (Wildman–Crippen MR) is 74.3 cm³/mol. The van der Waals surface area contributed by atoms with Gasteiger partial charge in [-0.2, -0.15) is 0 Å². The van der Waals surface area contributed by atoms with Crippen LogP contribution in [0.5, 0.6) is 0 Å². The zero-order chi connectivity index (χ0) is 12.8. The summed E-state index contributed by atoms with van der Waals surface area (Å²) in [5.74, 6) is 1.08. The van der Waals surface area contributed by atoms with Crippen molar-refractivity contribution in [3.05, 3.63) is 24.3 Å². The summed E-state index contributed by atoms with van der Waals surface area (Å²) < 4.78 is 4.93. The number of amides is 1. The van der Waals surface area contributed by atoms with Crippen LogP contribution in [0.15, 0.2) is 29.2 Å². The molecule has 2 rings (SSSR count). The van der Waals surface area contributed by atoms with E-state index in [1.807, 2.05) is 34.9 Å². The number of carbonyl (C=O) groups excluding carboxylic acids is 1. The molecule has 1 N–H and O–H groups in total. The number of hydrogen-bond donors (Lipinski definition) is 1. The molecule has 1 aliphatic rings. The van der Waals surface area contributed by atoms with Crippen molar-refractivity contribution < 1.29 is 9.53 Å². The van der Waals surface area contributed by atoms with Gasteiger partial charge in [-0.25, -0.2) is 0 Å². The largest absolute Gasteiger partial charge is 0.383 e. The van der Waals surface area contributed by atoms with Crippen LogP contribution in [0.1, 0.15) is 0 Å². The van der Waals surface area contributed by atoms with Gasteiger partial charge < -0.3 is 15.0 Å². The average molecular weight is 266 g/mol. The molecule has 1 aliphatic heterocycles. The Labute approximate surface area is 112 Å². The van der Waals surface area contributed by atoms with Crippen LogP contribution in [0.2, 0.25) is 0 Å². The summed E-state index contributed by atoms with van der Waals surface area (Å²) in [5, 5.41) is 3.09. The second kappa shape index (κ2) is 6.78. The Hall–Kier alpha value is -1.04. The monoisotopic (exact) mass is 266 g/mol. The number of nitrogens with one attached hydrogen (secondary N) is 1. The van der Waals surface area contributed by atoms with Gasteiger partial charge in [0, 0.05) is 30.8 Å². The van der Waals surface area contributed by atoms with E-state index in [1.54, 1.807) is 7.11 Å². The van der Waals surface area contributed by atoms with Gasteiger partial charge >= 0.3 is 0 Å². The van der Waals surface area contributed by atoms with Gasteiger partial charge in [0.1, 0.15) is 0 Å². The first-order chi connectivity index (χ1) is 8.83. The molecule has 0 spiro atoms. The lowest BCUT2D eigenvalue weighted by atomic mass is 10.2. The Bertz CT molecular complexity index is 412. The van der Waals surface area contributed by atoms with Gasteiger partial charge in [0.15, 0.2) is 0 Å². The van der Waals surface area contributed by atoms with Gasteiger partial charge in [0.05, 0.1) is 18.8 Å². The molecule has 0 unspecified atom stereocenters. The molecule has 0 aromatic heterocycles. The minimum atomic E-state index is 0.124. The molecule has 1 aromatic carbocycles. The number of hydrogen-bond acceptors (Lipinski definition) is 4. The number of ether oxygens (including phenoxy) is 1. The Morgan fingerprint density at radius 1 is 1.50 bits per heavy atom. The van der Waals surface area contributed by atoms with Crippen LogP contribution >= 0.6 is 11.8 Å². The molecule has 0 atom stereocenters. The maximum atomic E-state index is 12.1. The fourth-order valence-corrected chi connectivity index (χ4v) is 2.89. The summed E-state index contributed by atoms with van der Waals surface area (Å²) >= 11 is 1.81. The molecule has 0 bridgehead atoms. The topological polar surface area (TPSA) is 41.6 Å². The van der Waals surface area contributed by atoms with E-state index in [0.717, 1.165) is 18.0 Å². The molecule has 1 heterocycles. The predicted octanol–water partition coefficient (Wildman–Crippen LogP) is 1.36. The minimum Gasteiger partial charge on any atom is -0.383 e. The first kappa shape index (κ1) is 13.4. The average Bonchev–Trinajstić information content (AvgIpc) is 2.43. The Kier molecular flexibility index (Phi) is 5.04. The minimum absolute atomic E-state index is 0.124. The molecule has 4 nitrogen and oxygen atoms in total. The van der Waals surface area contributed by atoms with Gasteiger partial charge in [-0.05, 0) is 12.1 Å². The van der Waals surface area contributed by atoms with E-state index in [4.69, 9.17) is 4.74 Å². The van der Waals surface area contributed by atoms with Gasteiger partial charge in [-0.1, -0.05) is 12.1 Å². The standard InChI is InChI=1S/C13H18N2O2S/c1-17-8-6-14-10-13(16)15-7-9-18-12-5-3-2-4-11(12)15/h2-5,14H,6-10H2,1H3. The summed E-state index contributed by atoms with van der Waals surface area (Å²) in [6.07, 6.45) is 0. The first-order valence-electron chi connectivity index (χ1n) is 6.05. The second-order valence-corrected chi connectivity index (χ2v) is 5.17. The van der Waals surface area contributed by atoms with Crippen molar-refractivity contribution in [3.8, 4) is 0 Å². The molecule has 5 heteroatoms. The van der Waals surface area contributed by atoms with E-state index < -0.39 is 0 Å². The van der Waals surface area contributed by atoms with Gasteiger partial charge in [-0.15, -0.1) is 11.8 Å². The van der Waals surface area contributed by atoms with Crippen LogP contribution < -0.4 is 10.2 Å². The van der Waals surface area contributed by atoms with E-state index >= 15 is 0 Å². The summed E-state index contributed by atoms with van der Waals surface area (Å²) in [4.78, 5) is 15.2. The highest BCUT2D eigenvalue weighted by atomic mass is 32.2. The number of nitrogens with zero attached hydrogens (tertiary/aromatic N) is 1. The SMILES string of the molecule is COCCNCC(=O)N1CCSc2ccccc21. The van der Waals surface area contributed by atoms with Crippen LogP contribution in [0, 0.1) is 0 Å². The number of methoxy groups -OCH3 is 1. The molecule has 1 amide bonds. The highest BCUT2D eigenvalue weighted by Crippen LogP contribution is 2.34. The quantitative estimate of drug-likeness (QED) is 0.817. The number of fused-ring (bicyclic) bond motifs is 1. The number of rotatable bonds is 5. The fourth-order valence-electron chi connectivity index (χ4n) is 1.89. The summed E-state index contributed by atoms with van der Waals surface area (Å²) in [5.41, 5.74) is 1.03. The van der Waals surface area contributed by atoms with Crippen LogP contribution in [-0.4, -0.2) is 45.0 Å². The Balaban J connectivity index is 1.95. The molecule has 98 valence electrons. The van der Waals surface area contributed by atoms with Gasteiger partial charge in [0.25, 0.3) is 0 Å². The number of benzene rings is 1. The normalized spacial score (nSPS) is 14.4. The number of para-hydroxylation sites is 1. The van der Waals surface area contributed by atoms with Crippen LogP contribution in [0.4, 0.5) is 5.69 Å². The van der Waals surface area contributed by atoms with Crippen LogP contribution in [0.25, 0.3) is 0 Å². The zero-order valence-corrected chi connectivity index (χ0v) is 11.3. The van der Waals surface area contributed by atoms with Crippen LogP contribution in [0.3, 0.4) is 0 Å².